The second kappa shape index (κ2) is 7.03. The molecule has 0 unspecified atom stereocenters. The molecule has 0 radical (unpaired) electrons. The number of hydrogen-bond donors (Lipinski definition) is 0. The third-order valence-electron chi connectivity index (χ3n) is 5.02. The number of hydrogen-bond acceptors (Lipinski definition) is 2. The molecular formula is C26H18O2. The highest BCUT2D eigenvalue weighted by Gasteiger charge is 2.21. The van der Waals surface area contributed by atoms with Gasteiger partial charge in [-0.25, -0.2) is 0 Å². The van der Waals surface area contributed by atoms with Crippen molar-refractivity contribution in [1.82, 2.24) is 0 Å². The number of rotatable bonds is 3. The van der Waals surface area contributed by atoms with Crippen molar-refractivity contribution in [1.29, 1.82) is 0 Å². The lowest BCUT2D eigenvalue weighted by Crippen LogP contribution is -1.97. The molecule has 0 aliphatic carbocycles. The summed E-state index contributed by atoms with van der Waals surface area (Å²) in [5.74, 6) is 7.05. The van der Waals surface area contributed by atoms with Gasteiger partial charge in [-0.3, -0.25) is 0 Å². The molecule has 0 aliphatic rings. The molecular weight excluding hydrogens is 344 g/mol. The van der Waals surface area contributed by atoms with Crippen molar-refractivity contribution in [3.8, 4) is 47.3 Å². The summed E-state index contributed by atoms with van der Waals surface area (Å²) < 4.78 is 11.5. The van der Waals surface area contributed by atoms with E-state index in [9.17, 15) is 0 Å². The molecule has 4 aromatic rings. The molecule has 0 saturated heterocycles. The van der Waals surface area contributed by atoms with E-state index in [0.717, 1.165) is 43.8 Å². The lowest BCUT2D eigenvalue weighted by molar-refractivity contribution is 0.411. The summed E-state index contributed by atoms with van der Waals surface area (Å²) in [5.41, 5.74) is 3.37. The van der Waals surface area contributed by atoms with Crippen LogP contribution in [0.3, 0.4) is 0 Å². The van der Waals surface area contributed by atoms with Crippen LogP contribution < -0.4 is 9.47 Å². The second-order valence-electron chi connectivity index (χ2n) is 6.38. The third-order valence-corrected chi connectivity index (χ3v) is 5.02. The fourth-order valence-electron chi connectivity index (χ4n) is 3.80. The van der Waals surface area contributed by atoms with Gasteiger partial charge in [-0.1, -0.05) is 48.2 Å². The van der Waals surface area contributed by atoms with Crippen LogP contribution in [0.25, 0.3) is 32.7 Å². The number of terminal acetylenes is 2. The largest absolute Gasteiger partial charge is 0.496 e. The predicted octanol–water partition coefficient (Wildman–Crippen LogP) is 5.64. The van der Waals surface area contributed by atoms with Gasteiger partial charge >= 0.3 is 0 Å². The van der Waals surface area contributed by atoms with Gasteiger partial charge in [0.05, 0.1) is 14.2 Å². The maximum absolute atomic E-state index is 5.84. The van der Waals surface area contributed by atoms with Gasteiger partial charge in [-0.05, 0) is 35.0 Å². The van der Waals surface area contributed by atoms with Gasteiger partial charge < -0.3 is 9.47 Å². The van der Waals surface area contributed by atoms with Gasteiger partial charge in [0.15, 0.2) is 0 Å². The Kier molecular flexibility index (Phi) is 4.40. The molecule has 0 bridgehead atoms. The molecule has 0 amide bonds. The van der Waals surface area contributed by atoms with Gasteiger partial charge in [0, 0.05) is 33.0 Å². The summed E-state index contributed by atoms with van der Waals surface area (Å²) in [6, 6.07) is 19.8. The summed E-state index contributed by atoms with van der Waals surface area (Å²) in [5, 5.41) is 3.95. The summed E-state index contributed by atoms with van der Waals surface area (Å²) in [4.78, 5) is 0. The maximum atomic E-state index is 5.84. The Morgan fingerprint density at radius 3 is 1.39 bits per heavy atom. The van der Waals surface area contributed by atoms with Crippen LogP contribution in [0.5, 0.6) is 11.5 Å². The molecule has 0 heterocycles. The van der Waals surface area contributed by atoms with Crippen molar-refractivity contribution in [3.05, 3.63) is 71.8 Å². The van der Waals surface area contributed by atoms with Crippen LogP contribution in [-0.4, -0.2) is 14.2 Å². The van der Waals surface area contributed by atoms with Gasteiger partial charge in [-0.15, -0.1) is 12.8 Å². The van der Waals surface area contributed by atoms with Gasteiger partial charge in [0.2, 0.25) is 0 Å². The normalized spacial score (nSPS) is 10.4. The first kappa shape index (κ1) is 17.5. The topological polar surface area (TPSA) is 18.5 Å². The maximum Gasteiger partial charge on any atom is 0.127 e. The molecule has 0 aromatic heterocycles. The summed E-state index contributed by atoms with van der Waals surface area (Å²) in [6.45, 7) is 0. The average Bonchev–Trinajstić information content (AvgIpc) is 2.76. The molecule has 4 rings (SSSR count). The van der Waals surface area contributed by atoms with Crippen LogP contribution >= 0.6 is 0 Å². The SMILES string of the molecule is C#Cc1cccc2ccc(OC)c(-c3c(OC)ccc4cccc(C#C)c34)c12. The summed E-state index contributed by atoms with van der Waals surface area (Å²) in [7, 11) is 3.31. The molecule has 134 valence electrons. The Morgan fingerprint density at radius 2 is 1.04 bits per heavy atom. The molecule has 0 aliphatic heterocycles. The second-order valence-corrected chi connectivity index (χ2v) is 6.38. The zero-order valence-corrected chi connectivity index (χ0v) is 15.7. The molecule has 0 atom stereocenters. The zero-order valence-electron chi connectivity index (χ0n) is 15.7. The fraction of sp³-hybridized carbons (Fsp3) is 0.0769. The zero-order chi connectivity index (χ0) is 19.7. The van der Waals surface area contributed by atoms with E-state index in [-0.39, 0.29) is 0 Å². The van der Waals surface area contributed by atoms with E-state index in [0.29, 0.717) is 11.5 Å². The monoisotopic (exact) mass is 362 g/mol. The highest BCUT2D eigenvalue weighted by Crippen LogP contribution is 2.46. The minimum atomic E-state index is 0.716. The number of fused-ring (bicyclic) bond motifs is 2. The molecule has 0 fully saturated rings. The van der Waals surface area contributed by atoms with Gasteiger partial charge in [-0.2, -0.15) is 0 Å². The quantitative estimate of drug-likeness (QED) is 0.439. The standard InChI is InChI=1S/C26H18O2/c1-5-17-9-7-11-19-13-15-21(27-3)25(23(17)19)26-22(28-4)16-14-20-12-8-10-18(6-2)24(20)26/h1-2,7-16H,3-4H3. The lowest BCUT2D eigenvalue weighted by Gasteiger charge is -2.19. The van der Waals surface area contributed by atoms with Crippen LogP contribution in [0, 0.1) is 24.7 Å². The van der Waals surface area contributed by atoms with E-state index in [1.54, 1.807) is 14.2 Å². The van der Waals surface area contributed by atoms with E-state index in [4.69, 9.17) is 22.3 Å². The Balaban J connectivity index is 2.32. The Bertz CT molecular complexity index is 1200. The minimum absolute atomic E-state index is 0.716. The lowest BCUT2D eigenvalue weighted by atomic mass is 9.88. The molecule has 2 heteroatoms. The van der Waals surface area contributed by atoms with Gasteiger partial charge in [0.25, 0.3) is 0 Å². The van der Waals surface area contributed by atoms with Crippen LogP contribution in [0.1, 0.15) is 11.1 Å². The van der Waals surface area contributed by atoms with Crippen molar-refractivity contribution >= 4 is 21.5 Å². The summed E-state index contributed by atoms with van der Waals surface area (Å²) >= 11 is 0. The predicted molar refractivity (Wildman–Crippen MR) is 116 cm³/mol. The van der Waals surface area contributed by atoms with E-state index in [2.05, 4.69) is 11.8 Å². The fourth-order valence-corrected chi connectivity index (χ4v) is 3.80. The highest BCUT2D eigenvalue weighted by molar-refractivity contribution is 6.12. The van der Waals surface area contributed by atoms with Crippen LogP contribution in [-0.2, 0) is 0 Å². The Morgan fingerprint density at radius 1 is 0.607 bits per heavy atom. The Labute approximate surface area is 164 Å². The Hall–Kier alpha value is -3.88. The molecule has 0 N–H and O–H groups in total. The molecule has 4 aromatic carbocycles. The number of methoxy groups -OCH3 is 2. The van der Waals surface area contributed by atoms with Crippen molar-refractivity contribution in [2.75, 3.05) is 14.2 Å². The van der Waals surface area contributed by atoms with Crippen molar-refractivity contribution in [2.45, 2.75) is 0 Å². The first-order valence-electron chi connectivity index (χ1n) is 8.86. The highest BCUT2D eigenvalue weighted by atomic mass is 16.5. The van der Waals surface area contributed by atoms with Crippen LogP contribution in [0.2, 0.25) is 0 Å². The van der Waals surface area contributed by atoms with Crippen LogP contribution in [0.15, 0.2) is 60.7 Å². The van der Waals surface area contributed by atoms with Crippen molar-refractivity contribution in [2.24, 2.45) is 0 Å². The van der Waals surface area contributed by atoms with E-state index >= 15 is 0 Å². The number of ether oxygens (including phenoxy) is 2. The first-order chi connectivity index (χ1) is 13.7. The molecule has 0 saturated carbocycles. The van der Waals surface area contributed by atoms with E-state index in [1.807, 2.05) is 60.7 Å². The third kappa shape index (κ3) is 2.56. The minimum Gasteiger partial charge on any atom is -0.496 e. The van der Waals surface area contributed by atoms with Crippen molar-refractivity contribution in [3.63, 3.8) is 0 Å². The average molecular weight is 362 g/mol. The molecule has 2 nitrogen and oxygen atoms in total. The number of benzene rings is 4. The van der Waals surface area contributed by atoms with Gasteiger partial charge in [0.1, 0.15) is 11.5 Å². The molecule has 0 spiro atoms. The molecule has 28 heavy (non-hydrogen) atoms. The summed E-state index contributed by atoms with van der Waals surface area (Å²) in [6.07, 6.45) is 11.7. The van der Waals surface area contributed by atoms with E-state index in [1.165, 1.54) is 0 Å². The van der Waals surface area contributed by atoms with Crippen molar-refractivity contribution < 1.29 is 9.47 Å². The smallest absolute Gasteiger partial charge is 0.127 e. The van der Waals surface area contributed by atoms with E-state index < -0.39 is 0 Å². The van der Waals surface area contributed by atoms with Crippen LogP contribution in [0.4, 0.5) is 0 Å². The first-order valence-corrected chi connectivity index (χ1v) is 8.86.